The molecule has 0 radical (unpaired) electrons. The summed E-state index contributed by atoms with van der Waals surface area (Å²) in [5.41, 5.74) is -0.692. The molecule has 0 atom stereocenters. The van der Waals surface area contributed by atoms with Gasteiger partial charge in [0.2, 0.25) is 0 Å². The van der Waals surface area contributed by atoms with Crippen LogP contribution in [0.2, 0.25) is 0 Å². The molecular formula is C11H16F2O2. The van der Waals surface area contributed by atoms with Crippen LogP contribution in [-0.4, -0.2) is 24.9 Å². The van der Waals surface area contributed by atoms with Crippen molar-refractivity contribution in [2.75, 3.05) is 13.2 Å². The smallest absolute Gasteiger partial charge is 0.254 e. The van der Waals surface area contributed by atoms with Crippen molar-refractivity contribution in [2.24, 2.45) is 5.41 Å². The maximum absolute atomic E-state index is 13.1. The third-order valence-corrected chi connectivity index (χ3v) is 4.20. The Morgan fingerprint density at radius 1 is 0.867 bits per heavy atom. The van der Waals surface area contributed by atoms with Crippen molar-refractivity contribution in [2.45, 2.75) is 50.2 Å². The average Bonchev–Trinajstić information content (AvgIpc) is 2.76. The summed E-state index contributed by atoms with van der Waals surface area (Å²) < 4.78 is 37.6. The molecule has 0 aromatic carbocycles. The van der Waals surface area contributed by atoms with Gasteiger partial charge in [-0.3, -0.25) is 0 Å². The predicted octanol–water partition coefficient (Wildman–Crippen LogP) is 2.72. The van der Waals surface area contributed by atoms with Crippen LogP contribution in [0.25, 0.3) is 0 Å². The summed E-state index contributed by atoms with van der Waals surface area (Å²) in [6.07, 6.45) is 3.39. The summed E-state index contributed by atoms with van der Waals surface area (Å²) in [7, 11) is 0. The van der Waals surface area contributed by atoms with Gasteiger partial charge in [0.1, 0.15) is 0 Å². The Morgan fingerprint density at radius 2 is 1.40 bits per heavy atom. The summed E-state index contributed by atoms with van der Waals surface area (Å²) in [4.78, 5) is 0. The van der Waals surface area contributed by atoms with Crippen LogP contribution < -0.4 is 0 Å². The van der Waals surface area contributed by atoms with E-state index in [9.17, 15) is 8.78 Å². The van der Waals surface area contributed by atoms with Gasteiger partial charge in [0.05, 0.1) is 13.2 Å². The first-order valence-electron chi connectivity index (χ1n) is 5.73. The van der Waals surface area contributed by atoms with Crippen molar-refractivity contribution in [3.63, 3.8) is 0 Å². The largest absolute Gasteiger partial charge is 0.350 e. The van der Waals surface area contributed by atoms with Crippen LogP contribution in [0.4, 0.5) is 8.78 Å². The van der Waals surface area contributed by atoms with Gasteiger partial charge >= 0.3 is 0 Å². The minimum Gasteiger partial charge on any atom is -0.350 e. The maximum Gasteiger partial charge on any atom is 0.254 e. The Morgan fingerprint density at radius 3 is 1.87 bits per heavy atom. The number of hydrogen-bond donors (Lipinski definition) is 0. The third-order valence-electron chi connectivity index (χ3n) is 4.20. The zero-order chi connectivity index (χ0) is 10.6. The van der Waals surface area contributed by atoms with Crippen molar-refractivity contribution in [1.82, 2.24) is 0 Å². The monoisotopic (exact) mass is 218 g/mol. The van der Waals surface area contributed by atoms with Crippen molar-refractivity contribution < 1.29 is 18.3 Å². The van der Waals surface area contributed by atoms with Crippen LogP contribution in [-0.2, 0) is 9.47 Å². The second-order valence-electron chi connectivity index (χ2n) is 5.12. The van der Waals surface area contributed by atoms with E-state index in [1.54, 1.807) is 0 Å². The fraction of sp³-hybridized carbons (Fsp3) is 1.00. The fourth-order valence-corrected chi connectivity index (χ4v) is 2.94. The highest BCUT2D eigenvalue weighted by atomic mass is 19.3. The summed E-state index contributed by atoms with van der Waals surface area (Å²) in [5, 5.41) is 0. The molecule has 86 valence electrons. The lowest BCUT2D eigenvalue weighted by Gasteiger charge is -2.42. The molecule has 2 nitrogen and oxygen atoms in total. The van der Waals surface area contributed by atoms with Gasteiger partial charge in [-0.25, -0.2) is 8.78 Å². The minimum absolute atomic E-state index is 0.0794. The quantitative estimate of drug-likeness (QED) is 0.622. The first-order valence-corrected chi connectivity index (χ1v) is 5.73. The molecule has 2 aliphatic carbocycles. The van der Waals surface area contributed by atoms with E-state index in [-0.39, 0.29) is 6.42 Å². The number of ether oxygens (including phenoxy) is 2. The summed E-state index contributed by atoms with van der Waals surface area (Å²) in [5.74, 6) is -2.93. The lowest BCUT2D eigenvalue weighted by atomic mass is 9.81. The second kappa shape index (κ2) is 2.92. The normalized spacial score (nSPS) is 35.6. The molecule has 2 saturated carbocycles. The molecule has 2 spiro atoms. The van der Waals surface area contributed by atoms with Gasteiger partial charge in [0.25, 0.3) is 5.92 Å². The highest BCUT2D eigenvalue weighted by Gasteiger charge is 2.72. The van der Waals surface area contributed by atoms with Crippen molar-refractivity contribution in [3.05, 3.63) is 0 Å². The van der Waals surface area contributed by atoms with Crippen LogP contribution in [0, 0.1) is 5.41 Å². The lowest BCUT2D eigenvalue weighted by molar-refractivity contribution is -0.286. The summed E-state index contributed by atoms with van der Waals surface area (Å²) in [6.45, 7) is 1.42. The molecule has 1 heterocycles. The second-order valence-corrected chi connectivity index (χ2v) is 5.12. The minimum atomic E-state index is -2.41. The van der Waals surface area contributed by atoms with Crippen molar-refractivity contribution >= 4 is 0 Å². The molecule has 0 aromatic heterocycles. The maximum atomic E-state index is 13.1. The van der Waals surface area contributed by atoms with Gasteiger partial charge in [-0.15, -0.1) is 0 Å². The molecule has 0 amide bonds. The molecule has 15 heavy (non-hydrogen) atoms. The Kier molecular flexibility index (Phi) is 1.94. The van der Waals surface area contributed by atoms with Crippen LogP contribution in [0.3, 0.4) is 0 Å². The Hall–Kier alpha value is -0.220. The van der Waals surface area contributed by atoms with E-state index in [0.717, 1.165) is 6.42 Å². The zero-order valence-corrected chi connectivity index (χ0v) is 8.73. The molecule has 0 unspecified atom stereocenters. The van der Waals surface area contributed by atoms with Crippen molar-refractivity contribution in [3.8, 4) is 0 Å². The molecule has 3 rings (SSSR count). The highest BCUT2D eigenvalue weighted by Crippen LogP contribution is 2.68. The molecule has 3 fully saturated rings. The predicted molar refractivity (Wildman–Crippen MR) is 49.7 cm³/mol. The van der Waals surface area contributed by atoms with E-state index in [1.807, 2.05) is 0 Å². The molecule has 0 aromatic rings. The SMILES string of the molecule is FC1(F)CC12CCC1(CC2)OCCCO1. The van der Waals surface area contributed by atoms with E-state index < -0.39 is 17.1 Å². The van der Waals surface area contributed by atoms with Crippen LogP contribution in [0.15, 0.2) is 0 Å². The third kappa shape index (κ3) is 1.41. The number of rotatable bonds is 0. The lowest BCUT2D eigenvalue weighted by Crippen LogP contribution is -2.44. The molecular weight excluding hydrogens is 202 g/mol. The molecule has 3 aliphatic rings. The standard InChI is InChI=1S/C11H16F2O2/c12-11(13)8-9(11)2-4-10(5-3-9)14-6-1-7-15-10/h1-8H2. The molecule has 4 heteroatoms. The van der Waals surface area contributed by atoms with Crippen molar-refractivity contribution in [1.29, 1.82) is 0 Å². The van der Waals surface area contributed by atoms with Gasteiger partial charge in [-0.1, -0.05) is 0 Å². The first-order chi connectivity index (χ1) is 7.08. The van der Waals surface area contributed by atoms with Gasteiger partial charge in [0, 0.05) is 24.7 Å². The molecule has 1 saturated heterocycles. The van der Waals surface area contributed by atoms with Gasteiger partial charge < -0.3 is 9.47 Å². The summed E-state index contributed by atoms with van der Waals surface area (Å²) >= 11 is 0. The van der Waals surface area contributed by atoms with E-state index in [2.05, 4.69) is 0 Å². The highest BCUT2D eigenvalue weighted by molar-refractivity contribution is 5.12. The zero-order valence-electron chi connectivity index (χ0n) is 8.73. The van der Waals surface area contributed by atoms with Crippen LogP contribution >= 0.6 is 0 Å². The van der Waals surface area contributed by atoms with Gasteiger partial charge in [-0.2, -0.15) is 0 Å². The van der Waals surface area contributed by atoms with E-state index in [0.29, 0.717) is 38.9 Å². The van der Waals surface area contributed by atoms with E-state index in [4.69, 9.17) is 9.47 Å². The topological polar surface area (TPSA) is 18.5 Å². The fourth-order valence-electron chi connectivity index (χ4n) is 2.94. The average molecular weight is 218 g/mol. The Balaban J connectivity index is 1.65. The Labute approximate surface area is 87.9 Å². The molecule has 1 aliphatic heterocycles. The first kappa shape index (κ1) is 9.97. The van der Waals surface area contributed by atoms with Crippen LogP contribution in [0.1, 0.15) is 38.5 Å². The van der Waals surface area contributed by atoms with E-state index in [1.165, 1.54) is 0 Å². The number of halogens is 2. The van der Waals surface area contributed by atoms with Gasteiger partial charge in [0.15, 0.2) is 5.79 Å². The van der Waals surface area contributed by atoms with Gasteiger partial charge in [-0.05, 0) is 19.3 Å². The van der Waals surface area contributed by atoms with E-state index >= 15 is 0 Å². The molecule has 0 bridgehead atoms. The van der Waals surface area contributed by atoms with Crippen LogP contribution in [0.5, 0.6) is 0 Å². The molecule has 0 N–H and O–H groups in total. The Bertz CT molecular complexity index is 262. The number of alkyl halides is 2. The summed E-state index contributed by atoms with van der Waals surface area (Å²) in [6, 6.07) is 0. The number of hydrogen-bond acceptors (Lipinski definition) is 2.